The topological polar surface area (TPSA) is 15.3 Å². The van der Waals surface area contributed by atoms with Gasteiger partial charge in [-0.2, -0.15) is 0 Å². The summed E-state index contributed by atoms with van der Waals surface area (Å²) in [6.07, 6.45) is 7.90. The molecule has 0 spiro atoms. The van der Waals surface area contributed by atoms with Crippen LogP contribution in [-0.2, 0) is 0 Å². The second-order valence-electron chi connectivity index (χ2n) is 4.88. The second kappa shape index (κ2) is 6.58. The van der Waals surface area contributed by atoms with Gasteiger partial charge in [0, 0.05) is 25.7 Å². The molecule has 1 aromatic rings. The molecular formula is C16H22N2. The Balaban J connectivity index is 2.03. The summed E-state index contributed by atoms with van der Waals surface area (Å²) in [5, 5.41) is 3.58. The Labute approximate surface area is 110 Å². The normalized spacial score (nSPS) is 22.3. The number of nitrogens with one attached hydrogen (secondary N) is 1. The summed E-state index contributed by atoms with van der Waals surface area (Å²) < 4.78 is 0. The second-order valence-corrected chi connectivity index (χ2v) is 4.88. The summed E-state index contributed by atoms with van der Waals surface area (Å²) in [6.45, 7) is 5.28. The molecule has 0 bridgehead atoms. The van der Waals surface area contributed by atoms with E-state index in [0.29, 0.717) is 12.1 Å². The largest absolute Gasteiger partial charge is 0.308 e. The average molecular weight is 242 g/mol. The summed E-state index contributed by atoms with van der Waals surface area (Å²) in [5.74, 6) is 2.94. The van der Waals surface area contributed by atoms with Crippen molar-refractivity contribution < 1.29 is 0 Å². The third kappa shape index (κ3) is 3.13. The molecule has 0 aromatic heterocycles. The van der Waals surface area contributed by atoms with Crippen molar-refractivity contribution in [3.63, 3.8) is 0 Å². The maximum absolute atomic E-state index is 5.66. The van der Waals surface area contributed by atoms with E-state index in [1.807, 2.05) is 0 Å². The molecule has 0 amide bonds. The SMILES string of the molecule is C#CC(CCC)N1CCNC(c2ccccc2)C1. The predicted molar refractivity (Wildman–Crippen MR) is 76.3 cm³/mol. The molecule has 1 aliphatic heterocycles. The molecule has 2 rings (SSSR count). The van der Waals surface area contributed by atoms with Crippen molar-refractivity contribution in [3.05, 3.63) is 35.9 Å². The van der Waals surface area contributed by atoms with Gasteiger partial charge in [-0.05, 0) is 12.0 Å². The fourth-order valence-corrected chi connectivity index (χ4v) is 2.61. The van der Waals surface area contributed by atoms with Crippen LogP contribution in [-0.4, -0.2) is 30.6 Å². The summed E-state index contributed by atoms with van der Waals surface area (Å²) >= 11 is 0. The van der Waals surface area contributed by atoms with Crippen molar-refractivity contribution in [1.82, 2.24) is 10.2 Å². The van der Waals surface area contributed by atoms with Gasteiger partial charge >= 0.3 is 0 Å². The summed E-state index contributed by atoms with van der Waals surface area (Å²) in [4.78, 5) is 2.44. The summed E-state index contributed by atoms with van der Waals surface area (Å²) in [7, 11) is 0. The third-order valence-electron chi connectivity index (χ3n) is 3.60. The van der Waals surface area contributed by atoms with Crippen LogP contribution in [0.5, 0.6) is 0 Å². The van der Waals surface area contributed by atoms with Gasteiger partial charge in [0.25, 0.3) is 0 Å². The predicted octanol–water partition coefficient (Wildman–Crippen LogP) is 2.43. The van der Waals surface area contributed by atoms with E-state index in [4.69, 9.17) is 6.42 Å². The van der Waals surface area contributed by atoms with Gasteiger partial charge in [-0.3, -0.25) is 4.90 Å². The lowest BCUT2D eigenvalue weighted by atomic mass is 10.0. The Morgan fingerprint density at radius 3 is 2.89 bits per heavy atom. The van der Waals surface area contributed by atoms with E-state index < -0.39 is 0 Å². The molecule has 1 heterocycles. The monoisotopic (exact) mass is 242 g/mol. The van der Waals surface area contributed by atoms with Gasteiger partial charge in [-0.25, -0.2) is 0 Å². The zero-order valence-corrected chi connectivity index (χ0v) is 11.1. The van der Waals surface area contributed by atoms with Crippen molar-refractivity contribution >= 4 is 0 Å². The Morgan fingerprint density at radius 1 is 1.44 bits per heavy atom. The van der Waals surface area contributed by atoms with Crippen LogP contribution in [0, 0.1) is 12.3 Å². The lowest BCUT2D eigenvalue weighted by molar-refractivity contribution is 0.166. The lowest BCUT2D eigenvalue weighted by Gasteiger charge is -2.37. The first-order chi connectivity index (χ1) is 8.85. The molecule has 2 nitrogen and oxygen atoms in total. The molecule has 0 aliphatic carbocycles. The van der Waals surface area contributed by atoms with Crippen LogP contribution >= 0.6 is 0 Å². The number of rotatable bonds is 4. The number of hydrogen-bond acceptors (Lipinski definition) is 2. The molecule has 1 fully saturated rings. The Morgan fingerprint density at radius 2 is 2.22 bits per heavy atom. The zero-order chi connectivity index (χ0) is 12.8. The van der Waals surface area contributed by atoms with E-state index in [1.165, 1.54) is 5.56 Å². The van der Waals surface area contributed by atoms with Gasteiger partial charge in [-0.1, -0.05) is 49.6 Å². The third-order valence-corrected chi connectivity index (χ3v) is 3.60. The summed E-state index contributed by atoms with van der Waals surface area (Å²) in [5.41, 5.74) is 1.36. The van der Waals surface area contributed by atoms with Crippen LogP contribution in [0.2, 0.25) is 0 Å². The van der Waals surface area contributed by atoms with Crippen molar-refractivity contribution in [1.29, 1.82) is 0 Å². The molecule has 0 radical (unpaired) electrons. The minimum atomic E-state index is 0.295. The quantitative estimate of drug-likeness (QED) is 0.816. The molecule has 1 aromatic carbocycles. The molecule has 2 atom stereocenters. The van der Waals surface area contributed by atoms with E-state index in [-0.39, 0.29) is 0 Å². The molecule has 1 aliphatic rings. The zero-order valence-electron chi connectivity index (χ0n) is 11.1. The van der Waals surface area contributed by atoms with Crippen LogP contribution in [0.15, 0.2) is 30.3 Å². The fraction of sp³-hybridized carbons (Fsp3) is 0.500. The maximum atomic E-state index is 5.66. The molecular weight excluding hydrogens is 220 g/mol. The number of benzene rings is 1. The van der Waals surface area contributed by atoms with E-state index in [1.54, 1.807) is 0 Å². The molecule has 1 N–H and O–H groups in total. The standard InChI is InChI=1S/C16H22N2/c1-3-8-15(4-2)18-12-11-17-16(13-18)14-9-6-5-7-10-14/h2,5-7,9-10,15-17H,3,8,11-13H2,1H3. The minimum Gasteiger partial charge on any atom is -0.308 e. The van der Waals surface area contributed by atoms with Crippen LogP contribution in [0.1, 0.15) is 31.4 Å². The van der Waals surface area contributed by atoms with Gasteiger partial charge in [0.05, 0.1) is 6.04 Å². The highest BCUT2D eigenvalue weighted by Crippen LogP contribution is 2.19. The highest BCUT2D eigenvalue weighted by Gasteiger charge is 2.24. The van der Waals surface area contributed by atoms with Crippen molar-refractivity contribution in [2.24, 2.45) is 0 Å². The number of piperazine rings is 1. The Kier molecular flexibility index (Phi) is 4.81. The average Bonchev–Trinajstić information content (AvgIpc) is 2.46. The molecule has 18 heavy (non-hydrogen) atoms. The first-order valence-electron chi connectivity index (χ1n) is 6.83. The molecule has 0 saturated carbocycles. The van der Waals surface area contributed by atoms with Crippen molar-refractivity contribution in [3.8, 4) is 12.3 Å². The van der Waals surface area contributed by atoms with E-state index in [9.17, 15) is 0 Å². The van der Waals surface area contributed by atoms with Crippen LogP contribution < -0.4 is 5.32 Å². The smallest absolute Gasteiger partial charge is 0.0712 e. The van der Waals surface area contributed by atoms with Gasteiger partial charge in [0.15, 0.2) is 0 Å². The first kappa shape index (κ1) is 13.1. The van der Waals surface area contributed by atoms with Crippen LogP contribution in [0.25, 0.3) is 0 Å². The Hall–Kier alpha value is -1.30. The number of nitrogens with zero attached hydrogens (tertiary/aromatic N) is 1. The fourth-order valence-electron chi connectivity index (χ4n) is 2.61. The van der Waals surface area contributed by atoms with E-state index in [0.717, 1.165) is 32.5 Å². The van der Waals surface area contributed by atoms with Gasteiger partial charge in [0.1, 0.15) is 0 Å². The molecule has 2 unspecified atom stereocenters. The van der Waals surface area contributed by atoms with E-state index in [2.05, 4.69) is 53.4 Å². The molecule has 96 valence electrons. The molecule has 2 heteroatoms. The highest BCUT2D eigenvalue weighted by molar-refractivity contribution is 5.20. The van der Waals surface area contributed by atoms with Crippen molar-refractivity contribution in [2.45, 2.75) is 31.8 Å². The van der Waals surface area contributed by atoms with Gasteiger partial charge < -0.3 is 5.32 Å². The lowest BCUT2D eigenvalue weighted by Crippen LogP contribution is -2.49. The minimum absolute atomic E-state index is 0.295. The number of hydrogen-bond donors (Lipinski definition) is 1. The van der Waals surface area contributed by atoms with Gasteiger partial charge in [0.2, 0.25) is 0 Å². The van der Waals surface area contributed by atoms with E-state index >= 15 is 0 Å². The summed E-state index contributed by atoms with van der Waals surface area (Å²) in [6, 6.07) is 11.3. The van der Waals surface area contributed by atoms with Crippen LogP contribution in [0.3, 0.4) is 0 Å². The maximum Gasteiger partial charge on any atom is 0.0712 e. The Bertz CT molecular complexity index is 393. The number of terminal acetylenes is 1. The first-order valence-corrected chi connectivity index (χ1v) is 6.83. The highest BCUT2D eigenvalue weighted by atomic mass is 15.2. The molecule has 1 saturated heterocycles. The van der Waals surface area contributed by atoms with Crippen molar-refractivity contribution in [2.75, 3.05) is 19.6 Å². The van der Waals surface area contributed by atoms with Gasteiger partial charge in [-0.15, -0.1) is 6.42 Å². The van der Waals surface area contributed by atoms with Crippen LogP contribution in [0.4, 0.5) is 0 Å².